The highest BCUT2D eigenvalue weighted by Gasteiger charge is 2.38. The van der Waals surface area contributed by atoms with Crippen LogP contribution in [0.2, 0.25) is 0 Å². The standard InChI is InChI=1S/C15H17NO3S/c1-3-15(2,17)10-16-12-8-4-6-11-7-5-9-13(14(11)12)20(16,18)19/h4-9,17H,3,10H2,1-2H3/t15-/m0/s1. The normalized spacial score (nSPS) is 19.2. The first-order valence-electron chi connectivity index (χ1n) is 6.64. The highest BCUT2D eigenvalue weighted by Crippen LogP contribution is 2.42. The van der Waals surface area contributed by atoms with Crippen LogP contribution in [0.5, 0.6) is 0 Å². The van der Waals surface area contributed by atoms with Crippen LogP contribution in [0.4, 0.5) is 5.69 Å². The fourth-order valence-corrected chi connectivity index (χ4v) is 4.38. The number of hydrogen-bond acceptors (Lipinski definition) is 3. The van der Waals surface area contributed by atoms with Crippen molar-refractivity contribution in [3.63, 3.8) is 0 Å². The van der Waals surface area contributed by atoms with Gasteiger partial charge in [-0.25, -0.2) is 8.42 Å². The Morgan fingerprint density at radius 2 is 1.85 bits per heavy atom. The van der Waals surface area contributed by atoms with E-state index in [1.54, 1.807) is 25.1 Å². The molecular formula is C15H17NO3S. The highest BCUT2D eigenvalue weighted by molar-refractivity contribution is 7.93. The van der Waals surface area contributed by atoms with Crippen molar-refractivity contribution in [3.8, 4) is 0 Å². The summed E-state index contributed by atoms with van der Waals surface area (Å²) in [6.07, 6.45) is 0.491. The smallest absolute Gasteiger partial charge is 0.265 e. The number of hydrogen-bond donors (Lipinski definition) is 1. The van der Waals surface area contributed by atoms with Crippen LogP contribution in [0.15, 0.2) is 41.3 Å². The molecule has 1 aliphatic heterocycles. The van der Waals surface area contributed by atoms with Gasteiger partial charge in [0.15, 0.2) is 0 Å². The maximum Gasteiger partial charge on any atom is 0.265 e. The van der Waals surface area contributed by atoms with E-state index < -0.39 is 15.6 Å². The minimum Gasteiger partial charge on any atom is -0.388 e. The largest absolute Gasteiger partial charge is 0.388 e. The van der Waals surface area contributed by atoms with Crippen molar-refractivity contribution in [2.24, 2.45) is 0 Å². The maximum absolute atomic E-state index is 12.7. The lowest BCUT2D eigenvalue weighted by molar-refractivity contribution is 0.0664. The van der Waals surface area contributed by atoms with Gasteiger partial charge in [-0.05, 0) is 30.9 Å². The van der Waals surface area contributed by atoms with Crippen LogP contribution in [0, 0.1) is 0 Å². The summed E-state index contributed by atoms with van der Waals surface area (Å²) in [6.45, 7) is 3.57. The molecule has 0 fully saturated rings. The molecule has 1 heterocycles. The maximum atomic E-state index is 12.7. The molecule has 0 saturated carbocycles. The second-order valence-corrected chi connectivity index (χ2v) is 7.32. The highest BCUT2D eigenvalue weighted by atomic mass is 32.2. The lowest BCUT2D eigenvalue weighted by atomic mass is 10.0. The molecule has 0 saturated heterocycles. The van der Waals surface area contributed by atoms with Gasteiger partial charge in [0.2, 0.25) is 0 Å². The van der Waals surface area contributed by atoms with E-state index in [1.165, 1.54) is 4.31 Å². The van der Waals surface area contributed by atoms with E-state index in [9.17, 15) is 13.5 Å². The molecule has 1 aliphatic rings. The van der Waals surface area contributed by atoms with Crippen molar-refractivity contribution in [2.75, 3.05) is 10.8 Å². The third-order valence-electron chi connectivity index (χ3n) is 3.93. The molecule has 2 aromatic rings. The van der Waals surface area contributed by atoms with Crippen LogP contribution in [-0.2, 0) is 10.0 Å². The first-order valence-corrected chi connectivity index (χ1v) is 8.08. The van der Waals surface area contributed by atoms with Gasteiger partial charge in [-0.15, -0.1) is 0 Å². The summed E-state index contributed by atoms with van der Waals surface area (Å²) in [5.41, 5.74) is -0.385. The Kier molecular flexibility index (Phi) is 2.81. The monoisotopic (exact) mass is 291 g/mol. The molecule has 1 N–H and O–H groups in total. The van der Waals surface area contributed by atoms with Gasteiger partial charge in [-0.2, -0.15) is 0 Å². The van der Waals surface area contributed by atoms with Crippen LogP contribution in [0.25, 0.3) is 10.8 Å². The summed E-state index contributed by atoms with van der Waals surface area (Å²) in [7, 11) is -3.57. The Bertz CT molecular complexity index is 776. The number of nitrogens with zero attached hydrogens (tertiary/aromatic N) is 1. The molecule has 0 bridgehead atoms. The van der Waals surface area contributed by atoms with Crippen molar-refractivity contribution in [2.45, 2.75) is 30.8 Å². The zero-order valence-electron chi connectivity index (χ0n) is 11.5. The number of benzene rings is 2. The van der Waals surface area contributed by atoms with E-state index in [-0.39, 0.29) is 6.54 Å². The Balaban J connectivity index is 2.24. The van der Waals surface area contributed by atoms with Gasteiger partial charge in [0.1, 0.15) is 0 Å². The molecule has 0 aromatic heterocycles. The Morgan fingerprint density at radius 3 is 2.50 bits per heavy atom. The van der Waals surface area contributed by atoms with Gasteiger partial charge >= 0.3 is 0 Å². The van der Waals surface area contributed by atoms with E-state index in [4.69, 9.17) is 0 Å². The lowest BCUT2D eigenvalue weighted by Crippen LogP contribution is -2.42. The van der Waals surface area contributed by atoms with Gasteiger partial charge in [-0.3, -0.25) is 4.31 Å². The molecule has 0 amide bonds. The molecule has 106 valence electrons. The van der Waals surface area contributed by atoms with Crippen molar-refractivity contribution in [1.82, 2.24) is 0 Å². The SMILES string of the molecule is CC[C@](C)(O)CN1c2cccc3cccc(c23)S1(=O)=O. The van der Waals surface area contributed by atoms with Crippen LogP contribution in [0.1, 0.15) is 20.3 Å². The summed E-state index contributed by atoms with van der Waals surface area (Å²) in [5, 5.41) is 11.9. The lowest BCUT2D eigenvalue weighted by Gasteiger charge is -2.28. The number of aliphatic hydroxyl groups is 1. The molecule has 1 atom stereocenters. The Hall–Kier alpha value is -1.59. The van der Waals surface area contributed by atoms with Gasteiger partial charge in [0.05, 0.1) is 22.7 Å². The summed E-state index contributed by atoms with van der Waals surface area (Å²) in [5.74, 6) is 0. The first-order chi connectivity index (χ1) is 9.37. The molecule has 2 aromatic carbocycles. The van der Waals surface area contributed by atoms with Gasteiger partial charge in [0.25, 0.3) is 10.0 Å². The van der Waals surface area contributed by atoms with Gasteiger partial charge in [-0.1, -0.05) is 31.2 Å². The van der Waals surface area contributed by atoms with E-state index in [2.05, 4.69) is 0 Å². The molecule has 0 radical (unpaired) electrons. The van der Waals surface area contributed by atoms with Crippen molar-refractivity contribution in [1.29, 1.82) is 0 Å². The number of anilines is 1. The average molecular weight is 291 g/mol. The molecule has 20 heavy (non-hydrogen) atoms. The predicted octanol–water partition coefficient (Wildman–Crippen LogP) is 2.51. The molecule has 5 heteroatoms. The first kappa shape index (κ1) is 13.4. The van der Waals surface area contributed by atoms with E-state index in [1.807, 2.05) is 25.1 Å². The summed E-state index contributed by atoms with van der Waals surface area (Å²) in [4.78, 5) is 0.331. The summed E-state index contributed by atoms with van der Waals surface area (Å²) >= 11 is 0. The van der Waals surface area contributed by atoms with E-state index >= 15 is 0 Å². The van der Waals surface area contributed by atoms with E-state index in [0.29, 0.717) is 17.0 Å². The second-order valence-electron chi connectivity index (χ2n) is 5.49. The van der Waals surface area contributed by atoms with Crippen LogP contribution >= 0.6 is 0 Å². The zero-order valence-corrected chi connectivity index (χ0v) is 12.3. The van der Waals surface area contributed by atoms with Crippen LogP contribution in [0.3, 0.4) is 0 Å². The summed E-state index contributed by atoms with van der Waals surface area (Å²) in [6, 6.07) is 10.8. The fourth-order valence-electron chi connectivity index (χ4n) is 2.55. The average Bonchev–Trinajstić information content (AvgIpc) is 2.63. The quantitative estimate of drug-likeness (QED) is 0.945. The Morgan fingerprint density at radius 1 is 1.20 bits per heavy atom. The van der Waals surface area contributed by atoms with E-state index in [0.717, 1.165) is 10.8 Å². The topological polar surface area (TPSA) is 57.6 Å². The molecule has 3 rings (SSSR count). The Labute approximate surface area is 118 Å². The third-order valence-corrected chi connectivity index (χ3v) is 5.73. The second kappa shape index (κ2) is 4.20. The number of sulfonamides is 1. The molecule has 0 spiro atoms. The van der Waals surface area contributed by atoms with Crippen LogP contribution < -0.4 is 4.31 Å². The van der Waals surface area contributed by atoms with Gasteiger partial charge in [0, 0.05) is 5.39 Å². The summed E-state index contributed by atoms with van der Waals surface area (Å²) < 4.78 is 26.7. The minimum absolute atomic E-state index is 0.0691. The molecular weight excluding hydrogens is 274 g/mol. The number of β-amino-alcohol motifs (C(OH)–C–C–N with tert-alkyl or cyclic N) is 1. The van der Waals surface area contributed by atoms with Crippen molar-refractivity contribution in [3.05, 3.63) is 36.4 Å². The van der Waals surface area contributed by atoms with Crippen LogP contribution in [-0.4, -0.2) is 25.7 Å². The van der Waals surface area contributed by atoms with Crippen molar-refractivity contribution < 1.29 is 13.5 Å². The minimum atomic E-state index is -3.57. The molecule has 0 unspecified atom stereocenters. The van der Waals surface area contributed by atoms with Crippen molar-refractivity contribution >= 4 is 26.5 Å². The zero-order chi connectivity index (χ0) is 14.5. The fraction of sp³-hybridized carbons (Fsp3) is 0.333. The molecule has 4 nitrogen and oxygen atoms in total. The predicted molar refractivity (Wildman–Crippen MR) is 79.4 cm³/mol. The number of rotatable bonds is 3. The van der Waals surface area contributed by atoms with Gasteiger partial charge < -0.3 is 5.11 Å². The third kappa shape index (κ3) is 1.81. The molecule has 0 aliphatic carbocycles.